The van der Waals surface area contributed by atoms with Crippen molar-refractivity contribution in [1.82, 2.24) is 4.90 Å². The van der Waals surface area contributed by atoms with Gasteiger partial charge in [0.15, 0.2) is 6.61 Å². The van der Waals surface area contributed by atoms with E-state index >= 15 is 0 Å². The van der Waals surface area contributed by atoms with Crippen LogP contribution < -0.4 is 4.74 Å². The number of likely N-dealkylation sites (N-methyl/N-ethyl adjacent to an activating group) is 1. The summed E-state index contributed by atoms with van der Waals surface area (Å²) in [6.07, 6.45) is 3.48. The number of fused-ring (bicyclic) bond motifs is 1. The Morgan fingerprint density at radius 3 is 2.24 bits per heavy atom. The van der Waals surface area contributed by atoms with Gasteiger partial charge in [0.05, 0.1) is 12.1 Å². The van der Waals surface area contributed by atoms with Gasteiger partial charge in [0.1, 0.15) is 12.0 Å². The first-order chi connectivity index (χ1) is 16.6. The molecular weight excluding hydrogens is 426 g/mol. The molecule has 34 heavy (non-hydrogen) atoms. The number of rotatable bonds is 10. The molecule has 2 atom stereocenters. The normalized spacial score (nSPS) is 16.1. The third kappa shape index (κ3) is 5.20. The Morgan fingerprint density at radius 1 is 1.03 bits per heavy atom. The van der Waals surface area contributed by atoms with Gasteiger partial charge >= 0.3 is 5.97 Å². The number of carboxylic acids is 1. The molecule has 0 bridgehead atoms. The van der Waals surface area contributed by atoms with Crippen molar-refractivity contribution in [3.8, 4) is 5.75 Å². The van der Waals surface area contributed by atoms with E-state index in [2.05, 4.69) is 42.2 Å². The zero-order valence-corrected chi connectivity index (χ0v) is 19.5. The van der Waals surface area contributed by atoms with Crippen LogP contribution in [0.2, 0.25) is 0 Å². The number of carbonyl (C=O) groups excluding carboxylic acids is 1. The fourth-order valence-electron chi connectivity index (χ4n) is 5.24. The van der Waals surface area contributed by atoms with E-state index in [0.29, 0.717) is 5.75 Å². The van der Waals surface area contributed by atoms with E-state index in [1.165, 1.54) is 11.1 Å². The Hall–Kier alpha value is -3.44. The summed E-state index contributed by atoms with van der Waals surface area (Å²) in [5.41, 5.74) is 4.54. The van der Waals surface area contributed by atoms with Gasteiger partial charge in [-0.15, -0.1) is 0 Å². The molecule has 5 nitrogen and oxygen atoms in total. The van der Waals surface area contributed by atoms with Crippen molar-refractivity contribution >= 4 is 12.3 Å². The van der Waals surface area contributed by atoms with Crippen LogP contribution in [-0.4, -0.2) is 41.5 Å². The molecule has 3 aromatic rings. The standard InChI is InChI=1S/C29H31NO4/c1-2-30(29(21-10-5-3-6-11-21)22-12-7-4-8-13-22)26(19-31)24-16-17-25-23(18-24)14-9-15-27(25)34-20-28(32)33/h3-15,19,24,26,29H,2,16-18,20H2,1H3,(H,32,33). The van der Waals surface area contributed by atoms with Gasteiger partial charge in [-0.05, 0) is 60.0 Å². The van der Waals surface area contributed by atoms with Gasteiger partial charge in [0, 0.05) is 0 Å². The number of aldehydes is 1. The maximum Gasteiger partial charge on any atom is 0.341 e. The second-order valence-corrected chi connectivity index (χ2v) is 8.76. The molecule has 1 aliphatic carbocycles. The second-order valence-electron chi connectivity index (χ2n) is 8.76. The molecule has 176 valence electrons. The van der Waals surface area contributed by atoms with Crippen molar-refractivity contribution in [1.29, 1.82) is 0 Å². The number of aliphatic carboxylic acids is 1. The molecule has 0 saturated carbocycles. The maximum absolute atomic E-state index is 12.6. The smallest absolute Gasteiger partial charge is 0.341 e. The minimum Gasteiger partial charge on any atom is -0.482 e. The predicted octanol–water partition coefficient (Wildman–Crippen LogP) is 4.93. The van der Waals surface area contributed by atoms with Crippen LogP contribution in [0.15, 0.2) is 78.9 Å². The molecule has 0 fully saturated rings. The minimum atomic E-state index is -0.987. The third-order valence-electron chi connectivity index (χ3n) is 6.76. The number of nitrogens with zero attached hydrogens (tertiary/aromatic N) is 1. The Bertz CT molecular complexity index is 1060. The second kappa shape index (κ2) is 11.1. The van der Waals surface area contributed by atoms with Crippen molar-refractivity contribution in [2.75, 3.05) is 13.2 Å². The SMILES string of the molecule is CCN(C(c1ccccc1)c1ccccc1)C(C=O)C1CCc2c(cccc2OCC(=O)O)C1. The summed E-state index contributed by atoms with van der Waals surface area (Å²) < 4.78 is 5.53. The van der Waals surface area contributed by atoms with Crippen LogP contribution in [0.4, 0.5) is 0 Å². The topological polar surface area (TPSA) is 66.8 Å². The predicted molar refractivity (Wildman–Crippen MR) is 132 cm³/mol. The lowest BCUT2D eigenvalue weighted by Crippen LogP contribution is -2.46. The molecule has 0 aliphatic heterocycles. The quantitative estimate of drug-likeness (QED) is 0.437. The lowest BCUT2D eigenvalue weighted by molar-refractivity contribution is -0.139. The Morgan fingerprint density at radius 2 is 1.68 bits per heavy atom. The minimum absolute atomic E-state index is 0.0192. The molecule has 0 spiro atoms. The Kier molecular flexibility index (Phi) is 7.76. The summed E-state index contributed by atoms with van der Waals surface area (Å²) in [6.45, 7) is 2.50. The van der Waals surface area contributed by atoms with E-state index in [-0.39, 0.29) is 24.6 Å². The van der Waals surface area contributed by atoms with Crippen molar-refractivity contribution in [3.63, 3.8) is 0 Å². The first-order valence-corrected chi connectivity index (χ1v) is 11.9. The van der Waals surface area contributed by atoms with Crippen molar-refractivity contribution in [2.45, 2.75) is 38.3 Å². The molecule has 0 aromatic heterocycles. The summed E-state index contributed by atoms with van der Waals surface area (Å²) in [5.74, 6) is -0.187. The first-order valence-electron chi connectivity index (χ1n) is 11.9. The highest BCUT2D eigenvalue weighted by molar-refractivity contribution is 5.68. The van der Waals surface area contributed by atoms with Crippen LogP contribution in [0, 0.1) is 5.92 Å². The fraction of sp³-hybridized carbons (Fsp3) is 0.310. The highest BCUT2D eigenvalue weighted by atomic mass is 16.5. The van der Waals surface area contributed by atoms with Gasteiger partial charge in [-0.3, -0.25) is 4.90 Å². The molecule has 5 heteroatoms. The molecule has 1 N–H and O–H groups in total. The van der Waals surface area contributed by atoms with Crippen LogP contribution in [0.3, 0.4) is 0 Å². The lowest BCUT2D eigenvalue weighted by Gasteiger charge is -2.41. The summed E-state index contributed by atoms with van der Waals surface area (Å²) in [7, 11) is 0. The average Bonchev–Trinajstić information content (AvgIpc) is 2.88. The van der Waals surface area contributed by atoms with Gasteiger partial charge in [0.25, 0.3) is 0 Å². The van der Waals surface area contributed by atoms with Crippen LogP contribution in [0.1, 0.15) is 41.6 Å². The highest BCUT2D eigenvalue weighted by Gasteiger charge is 2.35. The van der Waals surface area contributed by atoms with Crippen LogP contribution in [-0.2, 0) is 22.4 Å². The van der Waals surface area contributed by atoms with Crippen molar-refractivity contribution in [2.24, 2.45) is 5.92 Å². The van der Waals surface area contributed by atoms with Crippen molar-refractivity contribution in [3.05, 3.63) is 101 Å². The summed E-state index contributed by atoms with van der Waals surface area (Å²) >= 11 is 0. The number of carbonyl (C=O) groups is 2. The summed E-state index contributed by atoms with van der Waals surface area (Å²) in [6, 6.07) is 26.3. The third-order valence-corrected chi connectivity index (χ3v) is 6.76. The van der Waals surface area contributed by atoms with Crippen molar-refractivity contribution < 1.29 is 19.4 Å². The van der Waals surface area contributed by atoms with Gasteiger partial charge < -0.3 is 14.6 Å². The van der Waals surface area contributed by atoms with Crippen LogP contribution >= 0.6 is 0 Å². The van der Waals surface area contributed by atoms with E-state index in [0.717, 1.165) is 43.2 Å². The number of benzene rings is 3. The molecule has 0 radical (unpaired) electrons. The molecule has 0 heterocycles. The summed E-state index contributed by atoms with van der Waals surface area (Å²) in [4.78, 5) is 25.9. The molecule has 0 saturated heterocycles. The average molecular weight is 458 g/mol. The van der Waals surface area contributed by atoms with E-state index in [1.807, 2.05) is 48.5 Å². The van der Waals surface area contributed by atoms with Gasteiger partial charge in [-0.1, -0.05) is 79.7 Å². The molecular formula is C29H31NO4. The van der Waals surface area contributed by atoms with E-state index in [4.69, 9.17) is 9.84 Å². The molecule has 2 unspecified atom stereocenters. The summed E-state index contributed by atoms with van der Waals surface area (Å²) in [5, 5.41) is 8.98. The van der Waals surface area contributed by atoms with Crippen LogP contribution in [0.5, 0.6) is 5.75 Å². The number of carboxylic acid groups (broad SMARTS) is 1. The zero-order valence-electron chi connectivity index (χ0n) is 19.5. The van der Waals surface area contributed by atoms with E-state index in [9.17, 15) is 9.59 Å². The monoisotopic (exact) mass is 457 g/mol. The first kappa shape index (κ1) is 23.7. The molecule has 0 amide bonds. The zero-order chi connectivity index (χ0) is 23.9. The van der Waals surface area contributed by atoms with Gasteiger partial charge in [-0.25, -0.2) is 4.79 Å². The van der Waals surface area contributed by atoms with Crippen LogP contribution in [0.25, 0.3) is 0 Å². The Labute approximate surface area is 201 Å². The van der Waals surface area contributed by atoms with Gasteiger partial charge in [-0.2, -0.15) is 0 Å². The van der Waals surface area contributed by atoms with E-state index in [1.54, 1.807) is 0 Å². The maximum atomic E-state index is 12.6. The lowest BCUT2D eigenvalue weighted by atomic mass is 9.78. The molecule has 1 aliphatic rings. The molecule has 3 aromatic carbocycles. The highest BCUT2D eigenvalue weighted by Crippen LogP contribution is 2.37. The number of hydrogen-bond donors (Lipinski definition) is 1. The number of hydrogen-bond acceptors (Lipinski definition) is 4. The fourth-order valence-corrected chi connectivity index (χ4v) is 5.24. The van der Waals surface area contributed by atoms with E-state index < -0.39 is 5.97 Å². The largest absolute Gasteiger partial charge is 0.482 e. The Balaban J connectivity index is 1.64. The van der Waals surface area contributed by atoms with Gasteiger partial charge in [0.2, 0.25) is 0 Å². The number of ether oxygens (including phenoxy) is 1. The molecule has 4 rings (SSSR count).